The Hall–Kier alpha value is -2.50. The van der Waals surface area contributed by atoms with Crippen LogP contribution in [0.2, 0.25) is 5.02 Å². The topological polar surface area (TPSA) is 46.4 Å². The van der Waals surface area contributed by atoms with Gasteiger partial charge in [-0.25, -0.2) is 4.99 Å². The molecule has 2 heterocycles. The fourth-order valence-electron chi connectivity index (χ4n) is 3.17. The summed E-state index contributed by atoms with van der Waals surface area (Å²) in [6, 6.07) is 13.8. The predicted octanol–water partition coefficient (Wildman–Crippen LogP) is 5.34. The molecule has 0 unspecified atom stereocenters. The summed E-state index contributed by atoms with van der Waals surface area (Å²) in [6.07, 6.45) is 1.95. The summed E-state index contributed by atoms with van der Waals surface area (Å²) in [6.45, 7) is 3.98. The molecule has 4 nitrogen and oxygen atoms in total. The van der Waals surface area contributed by atoms with E-state index in [2.05, 4.69) is 33.9 Å². The first-order chi connectivity index (χ1) is 13.0. The maximum atomic E-state index is 12.5. The van der Waals surface area contributed by atoms with Crippen molar-refractivity contribution < 1.29 is 4.79 Å². The molecule has 1 N–H and O–H groups in total. The molecule has 27 heavy (non-hydrogen) atoms. The van der Waals surface area contributed by atoms with Crippen LogP contribution in [0.3, 0.4) is 0 Å². The van der Waals surface area contributed by atoms with Gasteiger partial charge in [0.15, 0.2) is 5.17 Å². The molecule has 0 atom stereocenters. The molecule has 1 aliphatic heterocycles. The monoisotopic (exact) mass is 395 g/mol. The van der Waals surface area contributed by atoms with Gasteiger partial charge in [0.1, 0.15) is 0 Å². The average Bonchev–Trinajstić information content (AvgIpc) is 3.12. The molecule has 3 aromatic rings. The number of carbonyl (C=O) groups excluding carboxylic acids is 1. The van der Waals surface area contributed by atoms with Gasteiger partial charge in [0.25, 0.3) is 5.91 Å². The molecule has 1 amide bonds. The largest absolute Gasteiger partial charge is 0.347 e. The van der Waals surface area contributed by atoms with Crippen LogP contribution >= 0.6 is 23.4 Å². The molecule has 0 bridgehead atoms. The zero-order valence-corrected chi connectivity index (χ0v) is 16.8. The van der Waals surface area contributed by atoms with Gasteiger partial charge in [-0.15, -0.1) is 0 Å². The Balaban J connectivity index is 1.73. The molecule has 2 aromatic carbocycles. The molecule has 6 heteroatoms. The van der Waals surface area contributed by atoms with Crippen LogP contribution in [0, 0.1) is 13.8 Å². The molecule has 1 aromatic heterocycles. The van der Waals surface area contributed by atoms with Gasteiger partial charge in [0.2, 0.25) is 0 Å². The van der Waals surface area contributed by atoms with Crippen molar-refractivity contribution in [1.82, 2.24) is 9.88 Å². The molecule has 0 saturated carbocycles. The zero-order valence-electron chi connectivity index (χ0n) is 15.2. The number of amides is 1. The minimum atomic E-state index is -0.134. The minimum absolute atomic E-state index is 0.134. The van der Waals surface area contributed by atoms with E-state index in [1.165, 1.54) is 11.8 Å². The number of aryl methyl sites for hydroxylation is 1. The lowest BCUT2D eigenvalue weighted by Gasteiger charge is -2.02. The number of nitrogens with one attached hydrogen (secondary N) is 1. The number of nitrogens with zero attached hydrogens (tertiary/aromatic N) is 2. The SMILES string of the molecule is Cc1c(Cl)cccc1N=C1NC(=O)/C(=C/c2c(C)n(C)c3ccccc23)S1. The number of carbonyl (C=O) groups is 1. The lowest BCUT2D eigenvalue weighted by Crippen LogP contribution is -2.19. The highest BCUT2D eigenvalue weighted by Crippen LogP contribution is 2.33. The number of aromatic nitrogens is 1. The van der Waals surface area contributed by atoms with E-state index in [1.807, 2.05) is 50.4 Å². The Labute approximate surface area is 166 Å². The van der Waals surface area contributed by atoms with E-state index in [-0.39, 0.29) is 5.91 Å². The third kappa shape index (κ3) is 3.17. The predicted molar refractivity (Wildman–Crippen MR) is 115 cm³/mol. The fraction of sp³-hybridized carbons (Fsp3) is 0.143. The summed E-state index contributed by atoms with van der Waals surface area (Å²) < 4.78 is 2.14. The molecule has 0 radical (unpaired) electrons. The number of benzene rings is 2. The van der Waals surface area contributed by atoms with Crippen molar-refractivity contribution in [2.45, 2.75) is 13.8 Å². The van der Waals surface area contributed by atoms with Gasteiger partial charge in [-0.05, 0) is 55.4 Å². The number of thioether (sulfide) groups is 1. The van der Waals surface area contributed by atoms with E-state index in [0.29, 0.717) is 15.1 Å². The van der Waals surface area contributed by atoms with E-state index >= 15 is 0 Å². The van der Waals surface area contributed by atoms with Crippen LogP contribution in [0.1, 0.15) is 16.8 Å². The van der Waals surface area contributed by atoms with Crippen LogP contribution in [0.15, 0.2) is 52.4 Å². The van der Waals surface area contributed by atoms with Crippen molar-refractivity contribution in [3.8, 4) is 0 Å². The Morgan fingerprint density at radius 2 is 1.93 bits per heavy atom. The van der Waals surface area contributed by atoms with Crippen molar-refractivity contribution in [2.24, 2.45) is 12.0 Å². The maximum Gasteiger partial charge on any atom is 0.264 e. The molecular weight excluding hydrogens is 378 g/mol. The summed E-state index contributed by atoms with van der Waals surface area (Å²) in [4.78, 5) is 17.7. The Bertz CT molecular complexity index is 1140. The highest BCUT2D eigenvalue weighted by molar-refractivity contribution is 8.18. The number of aliphatic imine (C=N–C) groups is 1. The second-order valence-electron chi connectivity index (χ2n) is 6.44. The van der Waals surface area contributed by atoms with Crippen LogP contribution in [0.4, 0.5) is 5.69 Å². The lowest BCUT2D eigenvalue weighted by atomic mass is 10.1. The number of hydrogen-bond acceptors (Lipinski definition) is 3. The third-order valence-electron chi connectivity index (χ3n) is 4.84. The standard InChI is InChI=1S/C21H18ClN3OS/c1-12-16(22)8-6-9-17(12)23-21-24-20(26)19(27-21)11-15-13(2)25(3)18-10-5-4-7-14(15)18/h4-11H,1-3H3,(H,23,24,26)/b19-11-. The first-order valence-electron chi connectivity index (χ1n) is 8.54. The third-order valence-corrected chi connectivity index (χ3v) is 6.16. The summed E-state index contributed by atoms with van der Waals surface area (Å²) in [5.41, 5.74) is 4.98. The van der Waals surface area contributed by atoms with Crippen LogP contribution in [-0.2, 0) is 11.8 Å². The Morgan fingerprint density at radius 1 is 1.15 bits per heavy atom. The summed E-state index contributed by atoms with van der Waals surface area (Å²) in [5, 5.41) is 5.21. The molecule has 0 spiro atoms. The zero-order chi connectivity index (χ0) is 19.1. The maximum absolute atomic E-state index is 12.5. The second-order valence-corrected chi connectivity index (χ2v) is 7.88. The number of halogens is 1. The number of rotatable bonds is 2. The molecule has 4 rings (SSSR count). The van der Waals surface area contributed by atoms with Crippen LogP contribution < -0.4 is 5.32 Å². The number of hydrogen-bond donors (Lipinski definition) is 1. The first-order valence-corrected chi connectivity index (χ1v) is 9.74. The quantitative estimate of drug-likeness (QED) is 0.595. The molecular formula is C21H18ClN3OS. The molecule has 1 aliphatic rings. The van der Waals surface area contributed by atoms with E-state index in [4.69, 9.17) is 11.6 Å². The normalized spacial score (nSPS) is 17.3. The Kier molecular flexibility index (Phi) is 4.58. The van der Waals surface area contributed by atoms with Crippen molar-refractivity contribution in [1.29, 1.82) is 0 Å². The highest BCUT2D eigenvalue weighted by Gasteiger charge is 2.25. The van der Waals surface area contributed by atoms with Crippen molar-refractivity contribution in [2.75, 3.05) is 0 Å². The number of para-hydroxylation sites is 1. The van der Waals surface area contributed by atoms with E-state index in [9.17, 15) is 4.79 Å². The summed E-state index contributed by atoms with van der Waals surface area (Å²) >= 11 is 7.51. The number of amidine groups is 1. The van der Waals surface area contributed by atoms with Gasteiger partial charge in [-0.3, -0.25) is 4.79 Å². The van der Waals surface area contributed by atoms with Crippen LogP contribution in [0.25, 0.3) is 17.0 Å². The van der Waals surface area contributed by atoms with E-state index in [0.717, 1.165) is 33.4 Å². The highest BCUT2D eigenvalue weighted by atomic mass is 35.5. The van der Waals surface area contributed by atoms with E-state index < -0.39 is 0 Å². The summed E-state index contributed by atoms with van der Waals surface area (Å²) in [7, 11) is 2.04. The van der Waals surface area contributed by atoms with Gasteiger partial charge in [0, 0.05) is 34.2 Å². The smallest absolute Gasteiger partial charge is 0.264 e. The van der Waals surface area contributed by atoms with Crippen molar-refractivity contribution in [3.63, 3.8) is 0 Å². The molecule has 136 valence electrons. The van der Waals surface area contributed by atoms with Crippen LogP contribution in [0.5, 0.6) is 0 Å². The van der Waals surface area contributed by atoms with Gasteiger partial charge in [0.05, 0.1) is 10.6 Å². The number of fused-ring (bicyclic) bond motifs is 1. The second kappa shape index (κ2) is 6.91. The molecule has 1 fully saturated rings. The fourth-order valence-corrected chi connectivity index (χ4v) is 4.16. The minimum Gasteiger partial charge on any atom is -0.347 e. The molecule has 1 saturated heterocycles. The van der Waals surface area contributed by atoms with Gasteiger partial charge in [-0.1, -0.05) is 35.9 Å². The van der Waals surface area contributed by atoms with Gasteiger partial charge in [-0.2, -0.15) is 0 Å². The van der Waals surface area contributed by atoms with E-state index in [1.54, 1.807) is 0 Å². The average molecular weight is 396 g/mol. The van der Waals surface area contributed by atoms with Crippen LogP contribution in [-0.4, -0.2) is 15.6 Å². The van der Waals surface area contributed by atoms with Gasteiger partial charge >= 0.3 is 0 Å². The van der Waals surface area contributed by atoms with Crippen molar-refractivity contribution in [3.05, 3.63) is 69.2 Å². The van der Waals surface area contributed by atoms with Gasteiger partial charge < -0.3 is 9.88 Å². The van der Waals surface area contributed by atoms with Crippen molar-refractivity contribution >= 4 is 57.1 Å². The molecule has 0 aliphatic carbocycles. The summed E-state index contributed by atoms with van der Waals surface area (Å²) in [5.74, 6) is -0.134. The Morgan fingerprint density at radius 3 is 2.74 bits per heavy atom. The lowest BCUT2D eigenvalue weighted by molar-refractivity contribution is -0.115. The first kappa shape index (κ1) is 17.9.